The fraction of sp³-hybridized carbons (Fsp3) is 0.111. The van der Waals surface area contributed by atoms with Crippen molar-refractivity contribution < 1.29 is 4.39 Å². The van der Waals surface area contributed by atoms with Crippen LogP contribution in [0.5, 0.6) is 0 Å². The SMILES string of the molecule is Cn1c(N)nc2c(F)ccc(C#N)c21. The average Bonchev–Trinajstić information content (AvgIpc) is 2.47. The van der Waals surface area contributed by atoms with Crippen molar-refractivity contribution >= 4 is 17.0 Å². The molecule has 0 amide bonds. The van der Waals surface area contributed by atoms with Crippen molar-refractivity contribution in [1.29, 1.82) is 5.26 Å². The minimum atomic E-state index is -0.466. The number of aryl methyl sites for hydroxylation is 1. The molecule has 2 N–H and O–H groups in total. The topological polar surface area (TPSA) is 67.6 Å². The van der Waals surface area contributed by atoms with E-state index >= 15 is 0 Å². The smallest absolute Gasteiger partial charge is 0.201 e. The van der Waals surface area contributed by atoms with E-state index in [1.165, 1.54) is 16.7 Å². The monoisotopic (exact) mass is 190 g/mol. The Balaban J connectivity index is 3.02. The van der Waals surface area contributed by atoms with Gasteiger partial charge >= 0.3 is 0 Å². The van der Waals surface area contributed by atoms with E-state index in [1.807, 2.05) is 6.07 Å². The first-order chi connectivity index (χ1) is 6.65. The van der Waals surface area contributed by atoms with Gasteiger partial charge in [-0.2, -0.15) is 5.26 Å². The Bertz CT molecular complexity index is 550. The predicted molar refractivity (Wildman–Crippen MR) is 49.8 cm³/mol. The number of nitriles is 1. The van der Waals surface area contributed by atoms with Crippen molar-refractivity contribution in [3.63, 3.8) is 0 Å². The molecule has 0 aliphatic rings. The summed E-state index contributed by atoms with van der Waals surface area (Å²) in [5.41, 5.74) is 6.47. The van der Waals surface area contributed by atoms with E-state index in [-0.39, 0.29) is 11.5 Å². The van der Waals surface area contributed by atoms with Crippen LogP contribution < -0.4 is 5.73 Å². The molecule has 0 spiro atoms. The first-order valence-corrected chi connectivity index (χ1v) is 3.95. The van der Waals surface area contributed by atoms with Crippen LogP contribution in [0.15, 0.2) is 12.1 Å². The standard InChI is InChI=1S/C9H7FN4/c1-14-8-5(4-11)2-3-6(10)7(8)13-9(14)12/h2-3H,1H3,(H2,12,13). The number of hydrogen-bond acceptors (Lipinski definition) is 3. The molecule has 0 aliphatic heterocycles. The minimum absolute atomic E-state index is 0.143. The van der Waals surface area contributed by atoms with Crippen molar-refractivity contribution in [2.24, 2.45) is 7.05 Å². The van der Waals surface area contributed by atoms with E-state index in [2.05, 4.69) is 4.98 Å². The van der Waals surface area contributed by atoms with Gasteiger partial charge in [0.25, 0.3) is 0 Å². The lowest BCUT2D eigenvalue weighted by Crippen LogP contribution is -1.97. The molecule has 1 aromatic carbocycles. The lowest BCUT2D eigenvalue weighted by molar-refractivity contribution is 0.637. The summed E-state index contributed by atoms with van der Waals surface area (Å²) < 4.78 is 14.8. The molecule has 0 aliphatic carbocycles. The number of aromatic nitrogens is 2. The Labute approximate surface area is 79.4 Å². The molecule has 14 heavy (non-hydrogen) atoms. The number of imidazole rings is 1. The molecule has 70 valence electrons. The Morgan fingerprint density at radius 1 is 1.57 bits per heavy atom. The van der Waals surface area contributed by atoms with Crippen molar-refractivity contribution in [2.45, 2.75) is 0 Å². The quantitative estimate of drug-likeness (QED) is 0.677. The highest BCUT2D eigenvalue weighted by atomic mass is 19.1. The second-order valence-corrected chi connectivity index (χ2v) is 2.93. The molecule has 0 atom stereocenters. The third kappa shape index (κ3) is 0.941. The van der Waals surface area contributed by atoms with Gasteiger partial charge in [0.1, 0.15) is 11.6 Å². The molecule has 0 unspecified atom stereocenters. The minimum Gasteiger partial charge on any atom is -0.369 e. The van der Waals surface area contributed by atoms with Crippen LogP contribution in [-0.4, -0.2) is 9.55 Å². The van der Waals surface area contributed by atoms with Crippen LogP contribution in [0.3, 0.4) is 0 Å². The van der Waals surface area contributed by atoms with Crippen LogP contribution in [-0.2, 0) is 7.05 Å². The zero-order chi connectivity index (χ0) is 10.3. The molecular weight excluding hydrogens is 183 g/mol. The van der Waals surface area contributed by atoms with Crippen LogP contribution in [0.1, 0.15) is 5.56 Å². The van der Waals surface area contributed by atoms with Gasteiger partial charge in [-0.05, 0) is 12.1 Å². The van der Waals surface area contributed by atoms with E-state index in [9.17, 15) is 4.39 Å². The first-order valence-electron chi connectivity index (χ1n) is 3.95. The maximum atomic E-state index is 13.3. The number of nitrogens with zero attached hydrogens (tertiary/aromatic N) is 3. The molecule has 0 radical (unpaired) electrons. The van der Waals surface area contributed by atoms with Crippen LogP contribution in [0.2, 0.25) is 0 Å². The summed E-state index contributed by atoms with van der Waals surface area (Å²) >= 11 is 0. The van der Waals surface area contributed by atoms with Crippen LogP contribution in [0.4, 0.5) is 10.3 Å². The molecule has 0 bridgehead atoms. The number of nitrogen functional groups attached to an aromatic ring is 1. The fourth-order valence-electron chi connectivity index (χ4n) is 1.40. The van der Waals surface area contributed by atoms with Gasteiger partial charge in [0, 0.05) is 7.05 Å². The van der Waals surface area contributed by atoms with Crippen LogP contribution >= 0.6 is 0 Å². The van der Waals surface area contributed by atoms with E-state index in [0.717, 1.165) is 0 Å². The average molecular weight is 190 g/mol. The number of rotatable bonds is 0. The molecule has 0 fully saturated rings. The number of nitrogens with two attached hydrogens (primary N) is 1. The zero-order valence-electron chi connectivity index (χ0n) is 7.45. The van der Waals surface area contributed by atoms with Crippen molar-refractivity contribution in [3.8, 4) is 6.07 Å². The van der Waals surface area contributed by atoms with Gasteiger partial charge in [0.15, 0.2) is 5.82 Å². The summed E-state index contributed by atoms with van der Waals surface area (Å²) in [7, 11) is 1.64. The maximum Gasteiger partial charge on any atom is 0.201 e. The first kappa shape index (κ1) is 8.51. The summed E-state index contributed by atoms with van der Waals surface area (Å²) in [6.45, 7) is 0. The number of hydrogen-bond donors (Lipinski definition) is 1. The van der Waals surface area contributed by atoms with Crippen LogP contribution in [0.25, 0.3) is 11.0 Å². The molecule has 2 aromatic rings. The Kier molecular flexibility index (Phi) is 1.64. The predicted octanol–water partition coefficient (Wildman–Crippen LogP) is 1.17. The van der Waals surface area contributed by atoms with Gasteiger partial charge in [-0.25, -0.2) is 9.37 Å². The second-order valence-electron chi connectivity index (χ2n) is 2.93. The summed E-state index contributed by atoms with van der Waals surface area (Å²) in [4.78, 5) is 3.84. The van der Waals surface area contributed by atoms with Gasteiger partial charge in [-0.15, -0.1) is 0 Å². The summed E-state index contributed by atoms with van der Waals surface area (Å²) in [6.07, 6.45) is 0. The van der Waals surface area contributed by atoms with Crippen molar-refractivity contribution in [1.82, 2.24) is 9.55 Å². The third-order valence-corrected chi connectivity index (χ3v) is 2.13. The number of halogens is 1. The van der Waals surface area contributed by atoms with Gasteiger partial charge in [-0.3, -0.25) is 0 Å². The largest absolute Gasteiger partial charge is 0.369 e. The Morgan fingerprint density at radius 2 is 2.29 bits per heavy atom. The normalized spacial score (nSPS) is 10.4. The second kappa shape index (κ2) is 2.70. The summed E-state index contributed by atoms with van der Waals surface area (Å²) in [5.74, 6) is -0.270. The zero-order valence-corrected chi connectivity index (χ0v) is 7.45. The van der Waals surface area contributed by atoms with Gasteiger partial charge in [0.05, 0.1) is 11.1 Å². The van der Waals surface area contributed by atoms with Gasteiger partial charge in [0.2, 0.25) is 5.95 Å². The molecule has 4 nitrogen and oxygen atoms in total. The number of fused-ring (bicyclic) bond motifs is 1. The third-order valence-electron chi connectivity index (χ3n) is 2.13. The highest BCUT2D eigenvalue weighted by Crippen LogP contribution is 2.22. The van der Waals surface area contributed by atoms with E-state index in [1.54, 1.807) is 7.05 Å². The lowest BCUT2D eigenvalue weighted by atomic mass is 10.2. The molecule has 5 heteroatoms. The van der Waals surface area contributed by atoms with E-state index < -0.39 is 5.82 Å². The van der Waals surface area contributed by atoms with Gasteiger partial charge < -0.3 is 10.3 Å². The van der Waals surface area contributed by atoms with Gasteiger partial charge in [-0.1, -0.05) is 0 Å². The number of benzene rings is 1. The van der Waals surface area contributed by atoms with Crippen molar-refractivity contribution in [3.05, 3.63) is 23.5 Å². The molecule has 2 rings (SSSR count). The van der Waals surface area contributed by atoms with Crippen molar-refractivity contribution in [2.75, 3.05) is 5.73 Å². The van der Waals surface area contributed by atoms with E-state index in [4.69, 9.17) is 11.0 Å². The van der Waals surface area contributed by atoms with E-state index in [0.29, 0.717) is 11.1 Å². The lowest BCUT2D eigenvalue weighted by Gasteiger charge is -1.98. The Morgan fingerprint density at radius 3 is 2.93 bits per heavy atom. The Hall–Kier alpha value is -2.09. The highest BCUT2D eigenvalue weighted by molar-refractivity contribution is 5.84. The number of anilines is 1. The molecular formula is C9H7FN4. The summed E-state index contributed by atoms with van der Waals surface area (Å²) in [6, 6.07) is 4.60. The summed E-state index contributed by atoms with van der Waals surface area (Å²) in [5, 5.41) is 8.81. The molecule has 0 saturated carbocycles. The maximum absolute atomic E-state index is 13.3. The molecule has 0 saturated heterocycles. The van der Waals surface area contributed by atoms with Crippen LogP contribution in [0, 0.1) is 17.1 Å². The molecule has 1 heterocycles. The highest BCUT2D eigenvalue weighted by Gasteiger charge is 2.13. The fourth-order valence-corrected chi connectivity index (χ4v) is 1.40. The molecule has 1 aromatic heterocycles.